The van der Waals surface area contributed by atoms with Crippen molar-refractivity contribution in [1.29, 1.82) is 0 Å². The number of carbonyl (C=O) groups excluding carboxylic acids is 3. The quantitative estimate of drug-likeness (QED) is 0.0195. The Hall–Kier alpha value is -2.23. The largest absolute Gasteiger partial charge is 0.545 e. The van der Waals surface area contributed by atoms with Crippen LogP contribution >= 0.6 is 0 Å². The molecule has 0 radical (unpaired) electrons. The molecule has 9 heteroatoms. The Bertz CT molecular complexity index is 1640. The van der Waals surface area contributed by atoms with Gasteiger partial charge in [-0.1, -0.05) is 411 Å². The van der Waals surface area contributed by atoms with E-state index < -0.39 is 24.3 Å². The second-order valence-corrected chi connectivity index (χ2v) is 31.2. The van der Waals surface area contributed by atoms with Gasteiger partial charge in [0.1, 0.15) is 13.2 Å². The van der Waals surface area contributed by atoms with E-state index in [2.05, 4.69) is 38.2 Å². The summed E-state index contributed by atoms with van der Waals surface area (Å²) < 4.78 is 22.9. The Morgan fingerprint density at radius 2 is 0.526 bits per heavy atom. The first-order chi connectivity index (χ1) is 47.6. The molecule has 0 heterocycles. The molecule has 0 aromatic rings. The minimum atomic E-state index is -1.62. The zero-order chi connectivity index (χ0) is 70.4. The molecule has 0 saturated carbocycles. The fraction of sp³-hybridized carbons (Fsp3) is 0.920. The zero-order valence-electron chi connectivity index (χ0n) is 66.0. The van der Waals surface area contributed by atoms with Crippen molar-refractivity contribution in [2.45, 2.75) is 476 Å². The number of carbonyl (C=O) groups is 3. The van der Waals surface area contributed by atoms with Crippen LogP contribution in [0.1, 0.15) is 463 Å². The van der Waals surface area contributed by atoms with E-state index in [1.165, 1.54) is 398 Å². The molecule has 0 aromatic heterocycles. The molecule has 0 aliphatic heterocycles. The lowest BCUT2D eigenvalue weighted by Crippen LogP contribution is -2.44. The molecule has 2 atom stereocenters. The molecule has 0 aromatic carbocycles. The number of esters is 2. The first-order valence-corrected chi connectivity index (χ1v) is 43.5. The highest BCUT2D eigenvalue weighted by Crippen LogP contribution is 2.21. The van der Waals surface area contributed by atoms with Crippen molar-refractivity contribution >= 4 is 17.9 Å². The minimum Gasteiger partial charge on any atom is -0.545 e. The van der Waals surface area contributed by atoms with Crippen LogP contribution in [0.3, 0.4) is 0 Å². The SMILES string of the molecule is CCCCCCCCCC/C=C\CCCCCCCCCCCCCCCCCCCCCCCCCCCCCC(=O)OC(COC(=O)CCCCCCCCCCCCCCCCCCCCCCC/C=C\CCCCCCCCCC)COC(OCC[N+](C)(C)C)C(=O)[O-]. The average Bonchev–Trinajstić information content (AvgIpc) is 2.39. The van der Waals surface area contributed by atoms with Gasteiger partial charge in [-0.05, 0) is 64.2 Å². The number of ether oxygens (including phenoxy) is 4. The van der Waals surface area contributed by atoms with Crippen LogP contribution in [0.4, 0.5) is 0 Å². The van der Waals surface area contributed by atoms with E-state index in [0.29, 0.717) is 17.4 Å². The van der Waals surface area contributed by atoms with E-state index in [9.17, 15) is 19.5 Å². The van der Waals surface area contributed by atoms with Gasteiger partial charge in [0, 0.05) is 12.8 Å². The third-order valence-electron chi connectivity index (χ3n) is 20.2. The first kappa shape index (κ1) is 94.8. The van der Waals surface area contributed by atoms with Gasteiger partial charge in [-0.25, -0.2) is 0 Å². The summed E-state index contributed by atoms with van der Waals surface area (Å²) in [5.41, 5.74) is 0. The summed E-state index contributed by atoms with van der Waals surface area (Å²) in [6.07, 6.45) is 99.2. The predicted molar refractivity (Wildman–Crippen MR) is 417 cm³/mol. The molecular weight excluding hydrogens is 1200 g/mol. The fourth-order valence-electron chi connectivity index (χ4n) is 13.5. The monoisotopic (exact) mass is 1370 g/mol. The number of likely N-dealkylation sites (N-methyl/N-ethyl adjacent to an activating group) is 1. The molecule has 9 nitrogen and oxygen atoms in total. The topological polar surface area (TPSA) is 111 Å². The van der Waals surface area contributed by atoms with Gasteiger partial charge in [0.05, 0.1) is 40.3 Å². The third kappa shape index (κ3) is 80.9. The normalized spacial score (nSPS) is 12.6. The summed E-state index contributed by atoms with van der Waals surface area (Å²) in [6, 6.07) is 0. The number of allylic oxidation sites excluding steroid dienone is 4. The van der Waals surface area contributed by atoms with E-state index in [1.54, 1.807) is 0 Å². The molecule has 0 saturated heterocycles. The molecule has 0 N–H and O–H groups in total. The molecule has 0 fully saturated rings. The number of nitrogens with zero attached hydrogens (tertiary/aromatic N) is 1. The maximum absolute atomic E-state index is 13.0. The van der Waals surface area contributed by atoms with E-state index in [0.717, 1.165) is 38.5 Å². The standard InChI is InChI=1S/C88H169NO8/c1-6-8-10-12-14-16-18-20-22-24-26-28-30-32-34-36-38-40-41-42-43-44-45-47-49-51-53-55-57-59-61-63-65-67-69-71-73-75-77-79-86(91)97-84(83-96-88(87(92)93)94-81-80-89(3,4)5)82-95-85(90)78-76-74-72-70-68-66-64-62-60-58-56-54-52-50-48-46-39-37-35-33-31-29-27-25-23-21-19-17-15-13-11-9-7-2/h24-27,84,88H,6-23,28-83H2,1-5H3/b26-24-,27-25-. The van der Waals surface area contributed by atoms with Gasteiger partial charge in [-0.3, -0.25) is 9.59 Å². The predicted octanol–water partition coefficient (Wildman–Crippen LogP) is 26.7. The minimum absolute atomic E-state index is 0.152. The van der Waals surface area contributed by atoms with E-state index in [-0.39, 0.29) is 32.2 Å². The van der Waals surface area contributed by atoms with Crippen LogP contribution in [0.2, 0.25) is 0 Å². The number of rotatable bonds is 83. The summed E-state index contributed by atoms with van der Waals surface area (Å²) in [5.74, 6) is -2.24. The molecule has 0 aliphatic rings. The summed E-state index contributed by atoms with van der Waals surface area (Å²) in [4.78, 5) is 37.7. The molecular formula is C88H169NO8. The Labute approximate surface area is 605 Å². The van der Waals surface area contributed by atoms with Gasteiger partial charge in [0.2, 0.25) is 0 Å². The lowest BCUT2D eigenvalue weighted by molar-refractivity contribution is -0.870. The summed E-state index contributed by atoms with van der Waals surface area (Å²) >= 11 is 0. The lowest BCUT2D eigenvalue weighted by atomic mass is 10.0. The average molecular weight is 1370 g/mol. The van der Waals surface area contributed by atoms with Crippen LogP contribution < -0.4 is 5.11 Å². The zero-order valence-corrected chi connectivity index (χ0v) is 66.0. The number of hydrogen-bond donors (Lipinski definition) is 0. The van der Waals surface area contributed by atoms with Crippen molar-refractivity contribution in [2.24, 2.45) is 0 Å². The van der Waals surface area contributed by atoms with Crippen LogP contribution in [0.25, 0.3) is 0 Å². The molecule has 0 bridgehead atoms. The van der Waals surface area contributed by atoms with Gasteiger partial charge in [-0.2, -0.15) is 0 Å². The Morgan fingerprint density at radius 3 is 0.763 bits per heavy atom. The molecule has 97 heavy (non-hydrogen) atoms. The highest BCUT2D eigenvalue weighted by atomic mass is 16.7. The van der Waals surface area contributed by atoms with Gasteiger partial charge < -0.3 is 33.3 Å². The highest BCUT2D eigenvalue weighted by Gasteiger charge is 2.22. The van der Waals surface area contributed by atoms with Crippen molar-refractivity contribution in [3.8, 4) is 0 Å². The lowest BCUT2D eigenvalue weighted by Gasteiger charge is -2.26. The maximum Gasteiger partial charge on any atom is 0.306 e. The number of aliphatic carboxylic acids is 1. The van der Waals surface area contributed by atoms with Crippen LogP contribution in [0.5, 0.6) is 0 Å². The Balaban J connectivity index is 3.91. The van der Waals surface area contributed by atoms with Gasteiger partial charge >= 0.3 is 11.9 Å². The smallest absolute Gasteiger partial charge is 0.306 e. The van der Waals surface area contributed by atoms with Gasteiger partial charge in [-0.15, -0.1) is 0 Å². The number of quaternary nitrogens is 1. The van der Waals surface area contributed by atoms with Crippen LogP contribution in [-0.2, 0) is 33.3 Å². The van der Waals surface area contributed by atoms with Crippen molar-refractivity contribution in [1.82, 2.24) is 0 Å². The summed E-state index contributed by atoms with van der Waals surface area (Å²) in [7, 11) is 5.96. The molecule has 0 rings (SSSR count). The van der Waals surface area contributed by atoms with E-state index in [1.807, 2.05) is 21.1 Å². The summed E-state index contributed by atoms with van der Waals surface area (Å²) in [5, 5.41) is 11.9. The fourth-order valence-corrected chi connectivity index (χ4v) is 13.5. The first-order valence-electron chi connectivity index (χ1n) is 43.5. The number of carboxylic acid groups (broad SMARTS) is 1. The van der Waals surface area contributed by atoms with Crippen LogP contribution in [0, 0.1) is 0 Å². The molecule has 574 valence electrons. The van der Waals surface area contributed by atoms with Gasteiger partial charge in [0.15, 0.2) is 12.4 Å². The second-order valence-electron chi connectivity index (χ2n) is 31.2. The molecule has 0 aliphatic carbocycles. The second kappa shape index (κ2) is 79.5. The third-order valence-corrected chi connectivity index (χ3v) is 20.2. The van der Waals surface area contributed by atoms with Crippen molar-refractivity contribution < 1.29 is 42.9 Å². The molecule has 0 spiro atoms. The van der Waals surface area contributed by atoms with Crippen molar-refractivity contribution in [3.63, 3.8) is 0 Å². The Kier molecular flexibility index (Phi) is 77.6. The van der Waals surface area contributed by atoms with Crippen molar-refractivity contribution in [3.05, 3.63) is 24.3 Å². The Morgan fingerprint density at radius 1 is 0.299 bits per heavy atom. The number of unbranched alkanes of at least 4 members (excludes halogenated alkanes) is 64. The van der Waals surface area contributed by atoms with Crippen LogP contribution in [-0.4, -0.2) is 82.3 Å². The molecule has 2 unspecified atom stereocenters. The number of carboxylic acids is 1. The molecule has 0 amide bonds. The number of hydrogen-bond acceptors (Lipinski definition) is 8. The highest BCUT2D eigenvalue weighted by molar-refractivity contribution is 5.70. The maximum atomic E-state index is 13.0. The van der Waals surface area contributed by atoms with Gasteiger partial charge in [0.25, 0.3) is 0 Å². The summed E-state index contributed by atoms with van der Waals surface area (Å²) in [6.45, 7) is 4.84. The van der Waals surface area contributed by atoms with E-state index >= 15 is 0 Å². The van der Waals surface area contributed by atoms with Crippen LogP contribution in [0.15, 0.2) is 24.3 Å². The van der Waals surface area contributed by atoms with Crippen molar-refractivity contribution in [2.75, 3.05) is 47.5 Å². The van der Waals surface area contributed by atoms with E-state index in [4.69, 9.17) is 18.9 Å².